The van der Waals surface area contributed by atoms with Crippen molar-refractivity contribution in [2.24, 2.45) is 19.8 Å². The third-order valence-electron chi connectivity index (χ3n) is 4.53. The van der Waals surface area contributed by atoms with Gasteiger partial charge in [-0.1, -0.05) is 0 Å². The van der Waals surface area contributed by atoms with E-state index in [1.165, 1.54) is 28.8 Å². The minimum absolute atomic E-state index is 0.0670. The van der Waals surface area contributed by atoms with E-state index in [1.807, 2.05) is 6.92 Å². The average Bonchev–Trinajstić information content (AvgIpc) is 3.12. The smallest absolute Gasteiger partial charge is 0.265 e. The largest absolute Gasteiger partial charge is 0.364 e. The molecule has 1 unspecified atom stereocenters. The van der Waals surface area contributed by atoms with Gasteiger partial charge in [-0.15, -0.1) is 0 Å². The average molecular weight is 394 g/mol. The number of hydrogen-bond acceptors (Lipinski definition) is 5. The van der Waals surface area contributed by atoms with E-state index in [4.69, 9.17) is 5.73 Å². The van der Waals surface area contributed by atoms with Gasteiger partial charge in [0, 0.05) is 32.9 Å². The molecule has 3 N–H and O–H groups in total. The molecule has 11 heteroatoms. The Balaban J connectivity index is 1.84. The van der Waals surface area contributed by atoms with Gasteiger partial charge in [0.25, 0.3) is 5.91 Å². The molecule has 10 nitrogen and oxygen atoms in total. The second kappa shape index (κ2) is 6.82. The summed E-state index contributed by atoms with van der Waals surface area (Å²) in [6, 6.07) is 2.09. The number of nitrogens with one attached hydrogen (secondary N) is 1. The van der Waals surface area contributed by atoms with E-state index >= 15 is 0 Å². The minimum Gasteiger partial charge on any atom is -0.364 e. The van der Waals surface area contributed by atoms with Gasteiger partial charge in [-0.3, -0.25) is 19.2 Å². The predicted molar refractivity (Wildman–Crippen MR) is 97.6 cm³/mol. The second-order valence-electron chi connectivity index (χ2n) is 6.61. The maximum Gasteiger partial charge on any atom is 0.265 e. The lowest BCUT2D eigenvalue weighted by atomic mass is 10.1. The third-order valence-corrected chi connectivity index (χ3v) is 5.97. The molecule has 1 fully saturated rings. The Kier molecular flexibility index (Phi) is 4.82. The van der Waals surface area contributed by atoms with Crippen LogP contribution in [0.4, 0.5) is 5.82 Å². The molecule has 2 aromatic rings. The van der Waals surface area contributed by atoms with Crippen molar-refractivity contribution in [3.63, 3.8) is 0 Å². The molecule has 3 heterocycles. The van der Waals surface area contributed by atoms with Crippen LogP contribution in [-0.2, 0) is 28.9 Å². The van der Waals surface area contributed by atoms with Crippen molar-refractivity contribution < 1.29 is 18.0 Å². The summed E-state index contributed by atoms with van der Waals surface area (Å²) >= 11 is 0. The summed E-state index contributed by atoms with van der Waals surface area (Å²) in [5.74, 6) is -0.443. The van der Waals surface area contributed by atoms with Crippen LogP contribution in [-0.4, -0.2) is 47.2 Å². The summed E-state index contributed by atoms with van der Waals surface area (Å²) in [5.41, 5.74) is 6.07. The first-order chi connectivity index (χ1) is 12.6. The lowest BCUT2D eigenvalue weighted by Gasteiger charge is -2.32. The van der Waals surface area contributed by atoms with Crippen molar-refractivity contribution in [3.8, 4) is 0 Å². The van der Waals surface area contributed by atoms with Crippen LogP contribution in [0.3, 0.4) is 0 Å². The number of nitrogens with zero attached hydrogens (tertiary/aromatic N) is 4. The van der Waals surface area contributed by atoms with E-state index in [0.717, 1.165) is 5.69 Å². The fraction of sp³-hybridized carbons (Fsp3) is 0.438. The molecule has 1 atom stereocenters. The first-order valence-corrected chi connectivity index (χ1v) is 9.89. The van der Waals surface area contributed by atoms with E-state index in [9.17, 15) is 18.0 Å². The van der Waals surface area contributed by atoms with Gasteiger partial charge in [-0.05, 0) is 25.8 Å². The zero-order valence-electron chi connectivity index (χ0n) is 15.3. The normalized spacial score (nSPS) is 18.1. The molecule has 0 saturated carbocycles. The number of amides is 2. The molecule has 0 spiro atoms. The zero-order valence-corrected chi connectivity index (χ0v) is 16.2. The first-order valence-electron chi connectivity index (χ1n) is 8.40. The van der Waals surface area contributed by atoms with Crippen molar-refractivity contribution in [1.29, 1.82) is 0 Å². The number of piperidine rings is 1. The highest BCUT2D eigenvalue weighted by Gasteiger charge is 2.34. The Hall–Kier alpha value is -2.66. The van der Waals surface area contributed by atoms with Crippen molar-refractivity contribution in [2.75, 3.05) is 11.4 Å². The molecule has 146 valence electrons. The van der Waals surface area contributed by atoms with Crippen molar-refractivity contribution in [2.45, 2.75) is 30.7 Å². The first kappa shape index (κ1) is 19.1. The Bertz CT molecular complexity index is 1010. The lowest BCUT2D eigenvalue weighted by Crippen LogP contribution is -2.52. The molecule has 3 rings (SSSR count). The molecule has 1 aliphatic heterocycles. The number of aryl methyl sites for hydroxylation is 3. The van der Waals surface area contributed by atoms with E-state index in [-0.39, 0.29) is 16.5 Å². The fourth-order valence-corrected chi connectivity index (χ4v) is 4.54. The number of nitrogens with two attached hydrogens (primary N) is 1. The maximum absolute atomic E-state index is 12.9. The number of carbonyl (C=O) groups is 2. The van der Waals surface area contributed by atoms with E-state index in [2.05, 4.69) is 9.82 Å². The van der Waals surface area contributed by atoms with E-state index < -0.39 is 22.0 Å². The van der Waals surface area contributed by atoms with Gasteiger partial charge in [-0.2, -0.15) is 9.82 Å². The van der Waals surface area contributed by atoms with Crippen LogP contribution >= 0.6 is 0 Å². The summed E-state index contributed by atoms with van der Waals surface area (Å²) in [7, 11) is -0.727. The van der Waals surface area contributed by atoms with Crippen LogP contribution < -0.4 is 15.4 Å². The molecular formula is C16H22N6O4S. The summed E-state index contributed by atoms with van der Waals surface area (Å²) in [5, 5.41) is 4.23. The molecule has 1 saturated heterocycles. The number of primary amides is 1. The minimum atomic E-state index is -3.99. The van der Waals surface area contributed by atoms with Gasteiger partial charge in [0.05, 0.1) is 5.69 Å². The summed E-state index contributed by atoms with van der Waals surface area (Å²) in [6.45, 7) is 2.32. The van der Waals surface area contributed by atoms with Gasteiger partial charge >= 0.3 is 0 Å². The van der Waals surface area contributed by atoms with Crippen LogP contribution in [0.1, 0.15) is 29.0 Å². The second-order valence-corrected chi connectivity index (χ2v) is 8.32. The number of anilines is 1. The van der Waals surface area contributed by atoms with Crippen LogP contribution in [0, 0.1) is 6.92 Å². The standard InChI is InChI=1S/C16H22N6O4S/c1-10-7-14(21(3)18-10)22-6-4-5-12(16(22)24)19-27(25,26)11-8-13(15(17)23)20(2)9-11/h7-9,12,19H,4-6H2,1-3H3,(H2,17,23). The van der Waals surface area contributed by atoms with Crippen molar-refractivity contribution >= 4 is 27.7 Å². The van der Waals surface area contributed by atoms with E-state index in [1.54, 1.807) is 17.8 Å². The molecule has 0 bridgehead atoms. The number of aromatic nitrogens is 3. The topological polar surface area (TPSA) is 132 Å². The Morgan fingerprint density at radius 2 is 2.04 bits per heavy atom. The summed E-state index contributed by atoms with van der Waals surface area (Å²) in [4.78, 5) is 25.6. The molecule has 0 radical (unpaired) electrons. The van der Waals surface area contributed by atoms with Gasteiger partial charge in [0.15, 0.2) is 0 Å². The Morgan fingerprint density at radius 3 is 2.59 bits per heavy atom. The highest BCUT2D eigenvalue weighted by molar-refractivity contribution is 7.89. The molecule has 27 heavy (non-hydrogen) atoms. The maximum atomic E-state index is 12.9. The number of sulfonamides is 1. The van der Waals surface area contributed by atoms with Gasteiger partial charge in [0.1, 0.15) is 22.4 Å². The highest BCUT2D eigenvalue weighted by Crippen LogP contribution is 2.23. The quantitative estimate of drug-likeness (QED) is 0.715. The Morgan fingerprint density at radius 1 is 1.33 bits per heavy atom. The zero-order chi connectivity index (χ0) is 19.9. The number of rotatable bonds is 5. The Labute approximate surface area is 157 Å². The van der Waals surface area contributed by atoms with Gasteiger partial charge < -0.3 is 10.3 Å². The molecule has 1 aliphatic rings. The van der Waals surface area contributed by atoms with Gasteiger partial charge in [0.2, 0.25) is 15.9 Å². The van der Waals surface area contributed by atoms with Crippen LogP contribution in [0.2, 0.25) is 0 Å². The monoisotopic (exact) mass is 394 g/mol. The van der Waals surface area contributed by atoms with Gasteiger partial charge in [-0.25, -0.2) is 8.42 Å². The number of carbonyl (C=O) groups excluding carboxylic acids is 2. The van der Waals surface area contributed by atoms with Crippen molar-refractivity contribution in [1.82, 2.24) is 19.1 Å². The molecule has 0 aromatic carbocycles. The third kappa shape index (κ3) is 3.60. The SMILES string of the molecule is Cc1cc(N2CCCC(NS(=O)(=O)c3cc(C(N)=O)n(C)c3)C2=O)n(C)n1. The molecule has 0 aliphatic carbocycles. The van der Waals surface area contributed by atoms with Crippen molar-refractivity contribution in [3.05, 3.63) is 29.7 Å². The molecule has 2 amide bonds. The molecular weight excluding hydrogens is 372 g/mol. The van der Waals surface area contributed by atoms with Crippen LogP contribution in [0.25, 0.3) is 0 Å². The highest BCUT2D eigenvalue weighted by atomic mass is 32.2. The van der Waals surface area contributed by atoms with Crippen LogP contribution in [0.5, 0.6) is 0 Å². The summed E-state index contributed by atoms with van der Waals surface area (Å²) in [6.07, 6.45) is 2.32. The predicted octanol–water partition coefficient (Wildman–Crippen LogP) is -0.360. The molecule has 2 aromatic heterocycles. The fourth-order valence-electron chi connectivity index (χ4n) is 3.24. The number of hydrogen-bond donors (Lipinski definition) is 2. The van der Waals surface area contributed by atoms with Crippen LogP contribution in [0.15, 0.2) is 23.2 Å². The summed E-state index contributed by atoms with van der Waals surface area (Å²) < 4.78 is 30.8. The van der Waals surface area contributed by atoms with E-state index in [0.29, 0.717) is 25.2 Å². The lowest BCUT2D eigenvalue weighted by molar-refractivity contribution is -0.121.